The predicted octanol–water partition coefficient (Wildman–Crippen LogP) is 2.03. The van der Waals surface area contributed by atoms with Crippen molar-refractivity contribution in [2.75, 3.05) is 6.54 Å². The molecule has 0 aromatic rings. The van der Waals surface area contributed by atoms with E-state index in [9.17, 15) is 8.78 Å². The van der Waals surface area contributed by atoms with Crippen molar-refractivity contribution in [2.24, 2.45) is 5.92 Å². The summed E-state index contributed by atoms with van der Waals surface area (Å²) in [5.74, 6) is -3.09. The molecule has 11 heavy (non-hydrogen) atoms. The van der Waals surface area contributed by atoms with Crippen LogP contribution in [-0.2, 0) is 0 Å². The van der Waals surface area contributed by atoms with Crippen LogP contribution in [0.5, 0.6) is 0 Å². The molecule has 1 N–H and O–H groups in total. The van der Waals surface area contributed by atoms with Crippen molar-refractivity contribution in [3.63, 3.8) is 0 Å². The fraction of sp³-hybridized carbons (Fsp3) is 1.00. The van der Waals surface area contributed by atoms with E-state index in [-0.39, 0.29) is 0 Å². The van der Waals surface area contributed by atoms with Gasteiger partial charge in [0.1, 0.15) is 0 Å². The number of alkyl halides is 2. The highest BCUT2D eigenvalue weighted by molar-refractivity contribution is 4.89. The van der Waals surface area contributed by atoms with Crippen molar-refractivity contribution in [3.05, 3.63) is 0 Å². The Bertz CT molecular complexity index is 128. The maximum absolute atomic E-state index is 13.2. The zero-order valence-electron chi connectivity index (χ0n) is 7.03. The van der Waals surface area contributed by atoms with Crippen LogP contribution in [0.25, 0.3) is 0 Å². The lowest BCUT2D eigenvalue weighted by atomic mass is 9.97. The van der Waals surface area contributed by atoms with Gasteiger partial charge in [-0.1, -0.05) is 13.8 Å². The first kappa shape index (κ1) is 8.91. The second-order valence-electron chi connectivity index (χ2n) is 3.48. The van der Waals surface area contributed by atoms with Crippen LogP contribution in [-0.4, -0.2) is 18.5 Å². The molecule has 0 bridgehead atoms. The molecule has 1 unspecified atom stereocenters. The van der Waals surface area contributed by atoms with E-state index < -0.39 is 17.9 Å². The van der Waals surface area contributed by atoms with Gasteiger partial charge in [0.15, 0.2) is 0 Å². The normalized spacial score (nSPS) is 26.5. The molecule has 0 saturated carbocycles. The van der Waals surface area contributed by atoms with E-state index in [4.69, 9.17) is 0 Å². The summed E-state index contributed by atoms with van der Waals surface area (Å²) < 4.78 is 26.4. The summed E-state index contributed by atoms with van der Waals surface area (Å²) in [5, 5.41) is 2.83. The molecule has 0 aromatic heterocycles. The van der Waals surface area contributed by atoms with Crippen LogP contribution >= 0.6 is 0 Å². The average molecular weight is 163 g/mol. The Balaban J connectivity index is 2.55. The van der Waals surface area contributed by atoms with Gasteiger partial charge in [-0.3, -0.25) is 0 Å². The Morgan fingerprint density at radius 2 is 2.09 bits per heavy atom. The van der Waals surface area contributed by atoms with E-state index in [1.165, 1.54) is 0 Å². The van der Waals surface area contributed by atoms with Crippen LogP contribution in [0.2, 0.25) is 0 Å². The van der Waals surface area contributed by atoms with Crippen molar-refractivity contribution < 1.29 is 8.78 Å². The fourth-order valence-corrected chi connectivity index (χ4v) is 1.42. The van der Waals surface area contributed by atoms with Gasteiger partial charge in [0.2, 0.25) is 0 Å². The highest BCUT2D eigenvalue weighted by atomic mass is 19.3. The van der Waals surface area contributed by atoms with Gasteiger partial charge in [0, 0.05) is 5.92 Å². The Labute approximate surface area is 66.2 Å². The van der Waals surface area contributed by atoms with Gasteiger partial charge in [-0.2, -0.15) is 0 Å². The van der Waals surface area contributed by atoms with Crippen LogP contribution in [0.4, 0.5) is 8.78 Å². The summed E-state index contributed by atoms with van der Waals surface area (Å²) in [7, 11) is 0. The molecule has 1 fully saturated rings. The largest absolute Gasteiger partial charge is 0.309 e. The van der Waals surface area contributed by atoms with Crippen molar-refractivity contribution in [3.8, 4) is 0 Å². The minimum absolute atomic E-state index is 0.557. The Morgan fingerprint density at radius 1 is 1.45 bits per heavy atom. The third-order valence-electron chi connectivity index (χ3n) is 2.29. The summed E-state index contributed by atoms with van der Waals surface area (Å²) in [6, 6.07) is -0.581. The van der Waals surface area contributed by atoms with E-state index in [2.05, 4.69) is 5.32 Å². The summed E-state index contributed by atoms with van der Waals surface area (Å²) in [5.41, 5.74) is 0. The lowest BCUT2D eigenvalue weighted by Gasteiger charge is -2.26. The molecule has 1 saturated heterocycles. The third kappa shape index (κ3) is 1.70. The first-order chi connectivity index (χ1) is 5.05. The van der Waals surface area contributed by atoms with Crippen LogP contribution in [0.3, 0.4) is 0 Å². The Kier molecular flexibility index (Phi) is 2.47. The minimum Gasteiger partial charge on any atom is -0.309 e. The third-order valence-corrected chi connectivity index (χ3v) is 2.29. The lowest BCUT2D eigenvalue weighted by molar-refractivity contribution is -0.0729. The van der Waals surface area contributed by atoms with Crippen LogP contribution < -0.4 is 5.32 Å². The number of rotatable bonds is 2. The Morgan fingerprint density at radius 3 is 2.45 bits per heavy atom. The van der Waals surface area contributed by atoms with Gasteiger partial charge < -0.3 is 5.32 Å². The molecular formula is C8H15F2N. The number of hydrogen-bond donors (Lipinski definition) is 1. The molecule has 0 aliphatic carbocycles. The van der Waals surface area contributed by atoms with Gasteiger partial charge in [0.25, 0.3) is 5.92 Å². The molecular weight excluding hydrogens is 148 g/mol. The lowest BCUT2D eigenvalue weighted by Crippen LogP contribution is -2.44. The van der Waals surface area contributed by atoms with Crippen LogP contribution in [0.15, 0.2) is 0 Å². The molecule has 1 nitrogen and oxygen atoms in total. The molecule has 0 amide bonds. The maximum Gasteiger partial charge on any atom is 0.265 e. The van der Waals surface area contributed by atoms with Gasteiger partial charge in [0.05, 0.1) is 6.04 Å². The zero-order chi connectivity index (χ0) is 8.48. The highest BCUT2D eigenvalue weighted by Crippen LogP contribution is 2.31. The summed E-state index contributed by atoms with van der Waals surface area (Å²) in [6.45, 7) is 3.88. The van der Waals surface area contributed by atoms with Gasteiger partial charge in [-0.15, -0.1) is 0 Å². The SMILES string of the molecule is CC(C)C(F)(F)C1CCCN1. The standard InChI is InChI=1S/C8H15F2N/c1-6(2)8(9,10)7-4-3-5-11-7/h6-7,11H,3-5H2,1-2H3. The molecule has 0 radical (unpaired) electrons. The predicted molar refractivity (Wildman–Crippen MR) is 40.8 cm³/mol. The minimum atomic E-state index is -2.53. The summed E-state index contributed by atoms with van der Waals surface area (Å²) >= 11 is 0. The highest BCUT2D eigenvalue weighted by Gasteiger charge is 2.43. The Hall–Kier alpha value is -0.180. The van der Waals surface area contributed by atoms with E-state index >= 15 is 0 Å². The van der Waals surface area contributed by atoms with Crippen LogP contribution in [0, 0.1) is 5.92 Å². The van der Waals surface area contributed by atoms with Crippen molar-refractivity contribution in [1.29, 1.82) is 0 Å². The topological polar surface area (TPSA) is 12.0 Å². The number of hydrogen-bond acceptors (Lipinski definition) is 1. The van der Waals surface area contributed by atoms with Gasteiger partial charge >= 0.3 is 0 Å². The molecule has 1 atom stereocenters. The number of nitrogens with one attached hydrogen (secondary N) is 1. The van der Waals surface area contributed by atoms with Gasteiger partial charge in [-0.25, -0.2) is 8.78 Å². The van der Waals surface area contributed by atoms with Crippen molar-refractivity contribution in [1.82, 2.24) is 5.32 Å². The van der Waals surface area contributed by atoms with E-state index in [1.807, 2.05) is 0 Å². The fourth-order valence-electron chi connectivity index (χ4n) is 1.42. The molecule has 66 valence electrons. The molecule has 3 heteroatoms. The smallest absolute Gasteiger partial charge is 0.265 e. The van der Waals surface area contributed by atoms with Crippen molar-refractivity contribution in [2.45, 2.75) is 38.7 Å². The summed E-state index contributed by atoms with van der Waals surface area (Å²) in [6.07, 6.45) is 1.50. The molecule has 1 aliphatic rings. The zero-order valence-corrected chi connectivity index (χ0v) is 7.03. The molecule has 1 aliphatic heterocycles. The van der Waals surface area contributed by atoms with Gasteiger partial charge in [-0.05, 0) is 19.4 Å². The molecule has 1 rings (SSSR count). The molecule has 1 heterocycles. The monoisotopic (exact) mass is 163 g/mol. The maximum atomic E-state index is 13.2. The van der Waals surface area contributed by atoms with Crippen molar-refractivity contribution >= 4 is 0 Å². The van der Waals surface area contributed by atoms with E-state index in [0.717, 1.165) is 13.0 Å². The van der Waals surface area contributed by atoms with E-state index in [1.54, 1.807) is 13.8 Å². The van der Waals surface area contributed by atoms with Crippen LogP contribution in [0.1, 0.15) is 26.7 Å². The second-order valence-corrected chi connectivity index (χ2v) is 3.48. The first-order valence-electron chi connectivity index (χ1n) is 4.16. The summed E-state index contributed by atoms with van der Waals surface area (Å²) in [4.78, 5) is 0. The second kappa shape index (κ2) is 3.05. The number of halogens is 2. The van der Waals surface area contributed by atoms with E-state index in [0.29, 0.717) is 6.42 Å². The first-order valence-corrected chi connectivity index (χ1v) is 4.16. The average Bonchev–Trinajstić information content (AvgIpc) is 2.37. The molecule has 0 aromatic carbocycles. The molecule has 0 spiro atoms. The quantitative estimate of drug-likeness (QED) is 0.656.